The molecule has 0 spiro atoms. The van der Waals surface area contributed by atoms with E-state index in [9.17, 15) is 5.11 Å². The van der Waals surface area contributed by atoms with Crippen molar-refractivity contribution in [3.8, 4) is 11.5 Å². The minimum atomic E-state index is 0.243. The van der Waals surface area contributed by atoms with E-state index >= 15 is 0 Å². The fourth-order valence-corrected chi connectivity index (χ4v) is 4.89. The molecule has 2 aromatic carbocycles. The van der Waals surface area contributed by atoms with Gasteiger partial charge in [0, 0.05) is 17.5 Å². The van der Waals surface area contributed by atoms with Gasteiger partial charge in [-0.05, 0) is 17.7 Å². The lowest BCUT2D eigenvalue weighted by atomic mass is 9.74. The van der Waals surface area contributed by atoms with Crippen molar-refractivity contribution in [2.24, 2.45) is 5.92 Å². The number of hydrogen-bond donors (Lipinski definition) is 1. The van der Waals surface area contributed by atoms with Crippen molar-refractivity contribution < 1.29 is 19.1 Å². The minimum absolute atomic E-state index is 0.243. The van der Waals surface area contributed by atoms with Gasteiger partial charge in [-0.15, -0.1) is 0 Å². The Morgan fingerprint density at radius 1 is 1.08 bits per heavy atom. The molecule has 0 bridgehead atoms. The Bertz CT molecular complexity index is 761. The highest BCUT2D eigenvalue weighted by molar-refractivity contribution is 5.49. The molecule has 2 aliphatic heterocycles. The molecule has 132 valence electrons. The maximum atomic E-state index is 9.89. The third-order valence-corrected chi connectivity index (χ3v) is 6.00. The number of benzene rings is 2. The van der Waals surface area contributed by atoms with Gasteiger partial charge in [0.25, 0.3) is 0 Å². The second-order valence-corrected chi connectivity index (χ2v) is 7.31. The quantitative estimate of drug-likeness (QED) is 0.851. The maximum Gasteiger partial charge on any atom is 0.161 e. The van der Waals surface area contributed by atoms with Gasteiger partial charge in [0.05, 0.1) is 39.8 Å². The molecule has 2 aliphatic rings. The molecule has 1 fully saturated rings. The molecule has 1 unspecified atom stereocenters. The molecule has 4 nitrogen and oxygen atoms in total. The molecule has 3 atom stereocenters. The molecule has 0 aromatic heterocycles. The van der Waals surface area contributed by atoms with Crippen LogP contribution in [0.4, 0.5) is 0 Å². The molecular weight excluding hydrogens is 314 g/mol. The summed E-state index contributed by atoms with van der Waals surface area (Å²) in [6, 6.07) is 15.3. The van der Waals surface area contributed by atoms with Crippen molar-refractivity contribution in [2.75, 3.05) is 33.9 Å². The number of aliphatic hydroxyl groups excluding tert-OH is 1. The van der Waals surface area contributed by atoms with E-state index in [0.29, 0.717) is 12.0 Å². The first-order chi connectivity index (χ1) is 12.2. The molecule has 2 aromatic rings. The van der Waals surface area contributed by atoms with E-state index in [0.717, 1.165) is 42.0 Å². The molecule has 0 radical (unpaired) electrons. The predicted octanol–water partition coefficient (Wildman–Crippen LogP) is 2.94. The van der Waals surface area contributed by atoms with E-state index < -0.39 is 0 Å². The maximum absolute atomic E-state index is 9.89. The third-order valence-electron chi connectivity index (χ3n) is 6.00. The fourth-order valence-electron chi connectivity index (χ4n) is 4.89. The molecule has 2 heterocycles. The summed E-state index contributed by atoms with van der Waals surface area (Å²) in [4.78, 5) is 0. The summed E-state index contributed by atoms with van der Waals surface area (Å²) >= 11 is 0. The van der Waals surface area contributed by atoms with Crippen LogP contribution in [0.15, 0.2) is 42.5 Å². The number of methoxy groups -OCH3 is 2. The lowest BCUT2D eigenvalue weighted by Gasteiger charge is -2.59. The summed E-state index contributed by atoms with van der Waals surface area (Å²) in [5.41, 5.74) is 4.03. The van der Waals surface area contributed by atoms with Crippen LogP contribution in [0.5, 0.6) is 11.5 Å². The summed E-state index contributed by atoms with van der Waals surface area (Å²) < 4.78 is 12.1. The highest BCUT2D eigenvalue weighted by Gasteiger charge is 2.57. The summed E-state index contributed by atoms with van der Waals surface area (Å²) in [6.07, 6.45) is 1.04. The lowest BCUT2D eigenvalue weighted by Crippen LogP contribution is -2.67. The van der Waals surface area contributed by atoms with Crippen LogP contribution in [0.1, 0.15) is 22.7 Å². The van der Waals surface area contributed by atoms with Crippen molar-refractivity contribution in [1.29, 1.82) is 0 Å². The topological polar surface area (TPSA) is 38.7 Å². The molecule has 1 saturated heterocycles. The van der Waals surface area contributed by atoms with E-state index in [1.54, 1.807) is 14.2 Å². The largest absolute Gasteiger partial charge is 0.493 e. The Labute approximate surface area is 149 Å². The molecule has 25 heavy (non-hydrogen) atoms. The first-order valence-corrected chi connectivity index (χ1v) is 8.96. The highest BCUT2D eigenvalue weighted by Crippen LogP contribution is 2.52. The number of quaternary nitrogens is 1. The standard InChI is InChI=1S/C21H26NO3/c1-24-19-10-16-8-9-22(12-15-6-4-3-5-7-15)13-17(14-23)21(22)18(16)11-20(19)25-2/h3-7,10-11,17,21,23H,8-9,12-14H2,1-2H3/q+1/t17-,21-,22?/m1/s1. The van der Waals surface area contributed by atoms with Crippen molar-refractivity contribution >= 4 is 0 Å². The number of hydrogen-bond acceptors (Lipinski definition) is 3. The zero-order valence-electron chi connectivity index (χ0n) is 14.9. The predicted molar refractivity (Wildman–Crippen MR) is 96.7 cm³/mol. The summed E-state index contributed by atoms with van der Waals surface area (Å²) in [5, 5.41) is 9.89. The van der Waals surface area contributed by atoms with Crippen molar-refractivity contribution in [1.82, 2.24) is 0 Å². The van der Waals surface area contributed by atoms with Gasteiger partial charge < -0.3 is 19.1 Å². The normalized spacial score (nSPS) is 27.0. The van der Waals surface area contributed by atoms with Crippen LogP contribution in [0.3, 0.4) is 0 Å². The molecule has 0 saturated carbocycles. The average molecular weight is 340 g/mol. The Kier molecular flexibility index (Phi) is 4.18. The SMILES string of the molecule is COc1cc2c(cc1OC)[C@H]1[C@@H](CO)C[N+]1(Cc1ccccc1)CC2. The van der Waals surface area contributed by atoms with Crippen LogP contribution < -0.4 is 9.47 Å². The number of ether oxygens (including phenoxy) is 2. The Morgan fingerprint density at radius 2 is 1.80 bits per heavy atom. The Hall–Kier alpha value is -2.04. The van der Waals surface area contributed by atoms with E-state index in [2.05, 4.69) is 42.5 Å². The van der Waals surface area contributed by atoms with E-state index in [1.165, 1.54) is 16.7 Å². The molecular formula is C21H26NO3+. The van der Waals surface area contributed by atoms with Crippen molar-refractivity contribution in [3.05, 3.63) is 59.2 Å². The fraction of sp³-hybridized carbons (Fsp3) is 0.429. The summed E-state index contributed by atoms with van der Waals surface area (Å²) in [5.74, 6) is 1.90. The van der Waals surface area contributed by atoms with Crippen LogP contribution in [-0.2, 0) is 13.0 Å². The smallest absolute Gasteiger partial charge is 0.161 e. The van der Waals surface area contributed by atoms with Gasteiger partial charge in [-0.1, -0.05) is 30.3 Å². The highest BCUT2D eigenvalue weighted by atomic mass is 16.5. The van der Waals surface area contributed by atoms with E-state index in [-0.39, 0.29) is 6.61 Å². The van der Waals surface area contributed by atoms with Gasteiger partial charge in [-0.25, -0.2) is 0 Å². The molecule has 0 aliphatic carbocycles. The molecule has 4 heteroatoms. The van der Waals surface area contributed by atoms with Crippen molar-refractivity contribution in [3.63, 3.8) is 0 Å². The Balaban J connectivity index is 1.73. The zero-order chi connectivity index (χ0) is 17.4. The second kappa shape index (κ2) is 6.36. The van der Waals surface area contributed by atoms with Gasteiger partial charge in [0.2, 0.25) is 0 Å². The number of rotatable bonds is 5. The minimum Gasteiger partial charge on any atom is -0.493 e. The summed E-state index contributed by atoms with van der Waals surface area (Å²) in [7, 11) is 3.37. The van der Waals surface area contributed by atoms with E-state index in [4.69, 9.17) is 9.47 Å². The van der Waals surface area contributed by atoms with Gasteiger partial charge in [-0.2, -0.15) is 0 Å². The van der Waals surface area contributed by atoms with Gasteiger partial charge in [0.15, 0.2) is 11.5 Å². The van der Waals surface area contributed by atoms with E-state index in [1.807, 2.05) is 0 Å². The molecule has 0 amide bonds. The first kappa shape index (κ1) is 16.4. The third kappa shape index (κ3) is 2.60. The van der Waals surface area contributed by atoms with Gasteiger partial charge in [-0.3, -0.25) is 0 Å². The van der Waals surface area contributed by atoms with Crippen LogP contribution in [0.2, 0.25) is 0 Å². The van der Waals surface area contributed by atoms with Gasteiger partial charge in [0.1, 0.15) is 12.6 Å². The number of nitrogens with zero attached hydrogens (tertiary/aromatic N) is 1. The molecule has 4 rings (SSSR count). The molecule has 1 N–H and O–H groups in total. The van der Waals surface area contributed by atoms with Crippen molar-refractivity contribution in [2.45, 2.75) is 19.0 Å². The van der Waals surface area contributed by atoms with Crippen LogP contribution in [0, 0.1) is 5.92 Å². The van der Waals surface area contributed by atoms with Crippen LogP contribution >= 0.6 is 0 Å². The second-order valence-electron chi connectivity index (χ2n) is 7.31. The number of aliphatic hydroxyl groups is 1. The zero-order valence-corrected chi connectivity index (χ0v) is 14.9. The first-order valence-electron chi connectivity index (χ1n) is 8.96. The average Bonchev–Trinajstić information content (AvgIpc) is 2.64. The van der Waals surface area contributed by atoms with Crippen LogP contribution in [0.25, 0.3) is 0 Å². The summed E-state index contributed by atoms with van der Waals surface area (Å²) in [6.45, 7) is 3.42. The monoisotopic (exact) mass is 340 g/mol. The van der Waals surface area contributed by atoms with Gasteiger partial charge >= 0.3 is 0 Å². The Morgan fingerprint density at radius 3 is 2.48 bits per heavy atom. The number of fused-ring (bicyclic) bond motifs is 3. The lowest BCUT2D eigenvalue weighted by molar-refractivity contribution is -1.02. The van der Waals surface area contributed by atoms with Crippen LogP contribution in [-0.4, -0.2) is 43.5 Å².